The minimum Gasteiger partial charge on any atom is -0.316 e. The van der Waals surface area contributed by atoms with Crippen LogP contribution in [-0.4, -0.2) is 7.05 Å². The molecule has 0 heterocycles. The van der Waals surface area contributed by atoms with Crippen LogP contribution in [0.25, 0.3) is 0 Å². The molecule has 0 aliphatic heterocycles. The smallest absolute Gasteiger partial charge is 0.0202 e. The van der Waals surface area contributed by atoms with Gasteiger partial charge in [0.05, 0.1) is 0 Å². The van der Waals surface area contributed by atoms with Gasteiger partial charge in [-0.25, -0.2) is 0 Å². The molecule has 0 aliphatic carbocycles. The van der Waals surface area contributed by atoms with Crippen molar-refractivity contribution in [2.45, 2.75) is 187 Å². The Hall–Kier alpha value is -2.38. The van der Waals surface area contributed by atoms with Crippen molar-refractivity contribution in [3.8, 4) is 0 Å². The summed E-state index contributed by atoms with van der Waals surface area (Å²) >= 11 is 0. The van der Waals surface area contributed by atoms with Crippen molar-refractivity contribution in [2.24, 2.45) is 38.4 Å². The predicted octanol–water partition coefficient (Wildman–Crippen LogP) is 16.4. The van der Waals surface area contributed by atoms with E-state index in [0.29, 0.717) is 39.9 Å². The first-order chi connectivity index (χ1) is 25.1. The molecule has 3 rings (SSSR count). The van der Waals surface area contributed by atoms with Gasteiger partial charge in [-0.1, -0.05) is 210 Å². The Morgan fingerprint density at radius 3 is 1.44 bits per heavy atom. The summed E-state index contributed by atoms with van der Waals surface area (Å²) in [7, 11) is 2.00. The largest absolute Gasteiger partial charge is 0.316 e. The summed E-state index contributed by atoms with van der Waals surface area (Å²) in [6.45, 7) is 44.3. The molecule has 1 N–H and O–H groups in total. The molecule has 310 valence electrons. The van der Waals surface area contributed by atoms with Crippen LogP contribution in [0.1, 0.15) is 202 Å². The highest BCUT2D eigenvalue weighted by Gasteiger charge is 2.44. The fourth-order valence-electron chi connectivity index (χ4n) is 8.36. The first kappa shape index (κ1) is 48.8. The molecule has 1 heteroatoms. The Kier molecular flexibility index (Phi) is 17.6. The molecule has 0 bridgehead atoms. The van der Waals surface area contributed by atoms with Crippen LogP contribution in [0.3, 0.4) is 0 Å². The summed E-state index contributed by atoms with van der Waals surface area (Å²) in [6, 6.07) is 30.0. The number of aryl methyl sites for hydroxylation is 1. The molecule has 55 heavy (non-hydrogen) atoms. The van der Waals surface area contributed by atoms with Gasteiger partial charge < -0.3 is 5.32 Å². The molecule has 0 aliphatic rings. The third-order valence-electron chi connectivity index (χ3n) is 13.2. The fraction of sp³-hybridized carbons (Fsp3) is 0.667. The highest BCUT2D eigenvalue weighted by atomic mass is 14.8. The molecule has 3 aromatic rings. The van der Waals surface area contributed by atoms with Gasteiger partial charge in [0.15, 0.2) is 0 Å². The van der Waals surface area contributed by atoms with E-state index in [9.17, 15) is 0 Å². The van der Waals surface area contributed by atoms with E-state index in [2.05, 4.69) is 209 Å². The molecule has 3 aromatic carbocycles. The van der Waals surface area contributed by atoms with Gasteiger partial charge in [0.1, 0.15) is 0 Å². The summed E-state index contributed by atoms with van der Waals surface area (Å²) in [4.78, 5) is 0. The Morgan fingerprint density at radius 1 is 0.527 bits per heavy atom. The molecule has 0 spiro atoms. The molecular weight excluding hydrogens is 663 g/mol. The van der Waals surface area contributed by atoms with Crippen molar-refractivity contribution in [3.05, 3.63) is 107 Å². The quantitative estimate of drug-likeness (QED) is 0.154. The van der Waals surface area contributed by atoms with Crippen LogP contribution in [0.15, 0.2) is 78.9 Å². The molecule has 0 amide bonds. The summed E-state index contributed by atoms with van der Waals surface area (Å²) in [5.41, 5.74) is 9.02. The Labute approximate surface area is 343 Å². The van der Waals surface area contributed by atoms with E-state index in [4.69, 9.17) is 0 Å². The fourth-order valence-corrected chi connectivity index (χ4v) is 8.36. The summed E-state index contributed by atoms with van der Waals surface area (Å²) in [5, 5.41) is 3.21. The molecular formula is C54H89N. The van der Waals surface area contributed by atoms with Crippen molar-refractivity contribution in [1.82, 2.24) is 5.32 Å². The van der Waals surface area contributed by atoms with Gasteiger partial charge in [-0.3, -0.25) is 0 Å². The van der Waals surface area contributed by atoms with E-state index in [-0.39, 0.29) is 16.2 Å². The minimum atomic E-state index is 0.166. The monoisotopic (exact) mass is 752 g/mol. The number of hydrogen-bond donors (Lipinski definition) is 1. The maximum Gasteiger partial charge on any atom is 0.0202 e. The third kappa shape index (κ3) is 15.8. The van der Waals surface area contributed by atoms with Gasteiger partial charge in [0.2, 0.25) is 0 Å². The molecule has 0 radical (unpaired) electrons. The van der Waals surface area contributed by atoms with Crippen molar-refractivity contribution in [2.75, 3.05) is 7.05 Å². The van der Waals surface area contributed by atoms with E-state index < -0.39 is 0 Å². The number of benzene rings is 3. The first-order valence-corrected chi connectivity index (χ1v) is 22.0. The van der Waals surface area contributed by atoms with E-state index in [0.717, 1.165) is 13.0 Å². The zero-order valence-electron chi connectivity index (χ0n) is 39.8. The zero-order chi connectivity index (χ0) is 42.0. The van der Waals surface area contributed by atoms with Gasteiger partial charge in [0.25, 0.3) is 0 Å². The van der Waals surface area contributed by atoms with Crippen molar-refractivity contribution < 1.29 is 0 Å². The average Bonchev–Trinajstić information content (AvgIpc) is 3.08. The first-order valence-electron chi connectivity index (χ1n) is 22.0. The van der Waals surface area contributed by atoms with Gasteiger partial charge in [-0.15, -0.1) is 0 Å². The SMILES string of the molecule is CC(C)C(CC(C)(C)C)c1ccc(C(CC(C)(C)C)C(C)(C)C(C)(C)CCc2ccccc2)cc1.CCC(C)(C)CC(c1ccc(CNC)cc1)C(C)(C)C. The highest BCUT2D eigenvalue weighted by Crippen LogP contribution is 2.55. The summed E-state index contributed by atoms with van der Waals surface area (Å²) in [5.74, 6) is 2.39. The summed E-state index contributed by atoms with van der Waals surface area (Å²) < 4.78 is 0. The Bertz CT molecular complexity index is 1500. The normalized spacial score (nSPS) is 15.0. The molecule has 3 unspecified atom stereocenters. The van der Waals surface area contributed by atoms with Crippen LogP contribution >= 0.6 is 0 Å². The van der Waals surface area contributed by atoms with Crippen LogP contribution in [0.5, 0.6) is 0 Å². The van der Waals surface area contributed by atoms with E-state index in [1.54, 1.807) is 0 Å². The lowest BCUT2D eigenvalue weighted by molar-refractivity contribution is 0.0488. The van der Waals surface area contributed by atoms with Crippen molar-refractivity contribution in [1.29, 1.82) is 0 Å². The maximum absolute atomic E-state index is 3.21. The highest BCUT2D eigenvalue weighted by molar-refractivity contribution is 5.31. The maximum atomic E-state index is 3.21. The van der Waals surface area contributed by atoms with Gasteiger partial charge >= 0.3 is 0 Å². The Morgan fingerprint density at radius 2 is 1.00 bits per heavy atom. The van der Waals surface area contributed by atoms with Gasteiger partial charge in [0, 0.05) is 6.54 Å². The second-order valence-electron chi connectivity index (χ2n) is 23.1. The topological polar surface area (TPSA) is 12.0 Å². The minimum absolute atomic E-state index is 0.166. The number of nitrogens with one attached hydrogen (secondary N) is 1. The van der Waals surface area contributed by atoms with E-state index >= 15 is 0 Å². The molecule has 3 atom stereocenters. The Balaban J connectivity index is 0.000000443. The number of rotatable bonds is 16. The summed E-state index contributed by atoms with van der Waals surface area (Å²) in [6.07, 6.45) is 7.25. The molecule has 0 saturated heterocycles. The van der Waals surface area contributed by atoms with E-state index in [1.807, 2.05) is 7.05 Å². The lowest BCUT2D eigenvalue weighted by Gasteiger charge is -2.49. The zero-order valence-corrected chi connectivity index (χ0v) is 39.8. The van der Waals surface area contributed by atoms with Crippen LogP contribution in [-0.2, 0) is 13.0 Å². The number of hydrogen-bond acceptors (Lipinski definition) is 1. The average molecular weight is 752 g/mol. The van der Waals surface area contributed by atoms with Crippen LogP contribution in [0.4, 0.5) is 0 Å². The van der Waals surface area contributed by atoms with E-state index in [1.165, 1.54) is 59.9 Å². The lowest BCUT2D eigenvalue weighted by atomic mass is 9.55. The standard InChI is InChI=1S/C35H56.C19H33N/c1-26(2)30(24-32(3,4)5)28-18-20-29(21-19-28)31(25-33(6,7)8)35(11,12)34(9,10)23-22-27-16-14-13-15-17-27;1-8-19(5,6)13-17(18(2,3)4)16-11-9-15(10-12-16)14-20-7/h13-21,26,30-31H,22-25H2,1-12H3;9-12,17,20H,8,13-14H2,1-7H3. The van der Waals surface area contributed by atoms with Crippen LogP contribution < -0.4 is 5.32 Å². The molecule has 1 nitrogen and oxygen atoms in total. The van der Waals surface area contributed by atoms with Gasteiger partial charge in [-0.05, 0) is 123 Å². The predicted molar refractivity (Wildman–Crippen MR) is 247 cm³/mol. The van der Waals surface area contributed by atoms with Crippen molar-refractivity contribution in [3.63, 3.8) is 0 Å². The molecule has 0 aromatic heterocycles. The molecule has 0 saturated carbocycles. The second-order valence-corrected chi connectivity index (χ2v) is 23.1. The third-order valence-corrected chi connectivity index (χ3v) is 13.2. The van der Waals surface area contributed by atoms with Crippen LogP contribution in [0, 0.1) is 38.4 Å². The lowest BCUT2D eigenvalue weighted by Crippen LogP contribution is -2.40. The second kappa shape index (κ2) is 19.9. The van der Waals surface area contributed by atoms with Crippen LogP contribution in [0.2, 0.25) is 0 Å². The van der Waals surface area contributed by atoms with Crippen molar-refractivity contribution >= 4 is 0 Å². The molecule has 0 fully saturated rings. The van der Waals surface area contributed by atoms with Gasteiger partial charge in [-0.2, -0.15) is 0 Å².